The quantitative estimate of drug-likeness (QED) is 0.154. The van der Waals surface area contributed by atoms with Gasteiger partial charge >= 0.3 is 0 Å². The van der Waals surface area contributed by atoms with E-state index in [0.29, 0.717) is 11.8 Å². The van der Waals surface area contributed by atoms with Gasteiger partial charge in [0.15, 0.2) is 0 Å². The molecule has 65 heavy (non-hydrogen) atoms. The van der Waals surface area contributed by atoms with E-state index in [-0.39, 0.29) is 21.7 Å². The van der Waals surface area contributed by atoms with Gasteiger partial charge in [-0.2, -0.15) is 0 Å². The number of anilines is 3. The number of hydrogen-bond donors (Lipinski definition) is 0. The summed E-state index contributed by atoms with van der Waals surface area (Å²) in [4.78, 5) is 2.48. The number of benzene rings is 7. The molecule has 0 amide bonds. The molecule has 4 aliphatic rings. The van der Waals surface area contributed by atoms with Crippen LogP contribution >= 0.6 is 0 Å². The summed E-state index contributed by atoms with van der Waals surface area (Å²) in [6.07, 6.45) is 10.7. The van der Waals surface area contributed by atoms with Gasteiger partial charge in [0.25, 0.3) is 0 Å². The summed E-state index contributed by atoms with van der Waals surface area (Å²) in [7, 11) is 0. The first-order valence-electron chi connectivity index (χ1n) is 24.9. The summed E-state index contributed by atoms with van der Waals surface area (Å²) >= 11 is 0. The van der Waals surface area contributed by atoms with Gasteiger partial charge in [-0.1, -0.05) is 196 Å². The molecule has 1 nitrogen and oxygen atoms in total. The van der Waals surface area contributed by atoms with E-state index in [2.05, 4.69) is 212 Å². The summed E-state index contributed by atoms with van der Waals surface area (Å²) in [6, 6.07) is 58.4. The Morgan fingerprint density at radius 1 is 0.415 bits per heavy atom. The molecule has 0 spiro atoms. The summed E-state index contributed by atoms with van der Waals surface area (Å²) in [6.45, 7) is 19.4. The third kappa shape index (κ3) is 6.69. The van der Waals surface area contributed by atoms with E-state index in [1.807, 2.05) is 0 Å². The van der Waals surface area contributed by atoms with Crippen LogP contribution in [0.1, 0.15) is 140 Å². The van der Waals surface area contributed by atoms with Gasteiger partial charge in [0.05, 0.1) is 0 Å². The Kier molecular flexibility index (Phi) is 10.00. The maximum absolute atomic E-state index is 2.65. The third-order valence-electron chi connectivity index (χ3n) is 16.5. The largest absolute Gasteiger partial charge is 0.310 e. The number of rotatable bonds is 7. The Hall–Kier alpha value is -5.66. The fourth-order valence-corrected chi connectivity index (χ4v) is 13.3. The van der Waals surface area contributed by atoms with Crippen LogP contribution in [0.3, 0.4) is 0 Å². The monoisotopic (exact) mass is 850 g/mol. The Morgan fingerprint density at radius 3 is 1.55 bits per heavy atom. The first-order chi connectivity index (χ1) is 31.3. The second-order valence-electron chi connectivity index (χ2n) is 22.7. The van der Waals surface area contributed by atoms with Gasteiger partial charge < -0.3 is 4.90 Å². The van der Waals surface area contributed by atoms with Crippen LogP contribution in [-0.4, -0.2) is 0 Å². The van der Waals surface area contributed by atoms with Crippen LogP contribution in [0.2, 0.25) is 0 Å². The molecule has 0 N–H and O–H groups in total. The predicted octanol–water partition coefficient (Wildman–Crippen LogP) is 18.0. The smallest absolute Gasteiger partial charge is 0.0465 e. The molecule has 4 aliphatic carbocycles. The zero-order chi connectivity index (χ0) is 44.9. The third-order valence-corrected chi connectivity index (χ3v) is 16.5. The van der Waals surface area contributed by atoms with Crippen molar-refractivity contribution in [3.63, 3.8) is 0 Å². The van der Waals surface area contributed by atoms with E-state index in [1.165, 1.54) is 124 Å². The second kappa shape index (κ2) is 15.5. The summed E-state index contributed by atoms with van der Waals surface area (Å²) in [5, 5.41) is 0. The molecule has 328 valence electrons. The lowest BCUT2D eigenvalue weighted by molar-refractivity contribution is 0.220. The maximum Gasteiger partial charge on any atom is 0.0465 e. The highest BCUT2D eigenvalue weighted by atomic mass is 15.1. The van der Waals surface area contributed by atoms with Crippen molar-refractivity contribution in [1.82, 2.24) is 0 Å². The molecule has 0 heterocycles. The minimum atomic E-state index is -0.0917. The number of fused-ring (bicyclic) bond motifs is 6. The molecule has 11 rings (SSSR count). The van der Waals surface area contributed by atoms with Gasteiger partial charge in [-0.3, -0.25) is 0 Å². The average molecular weight is 850 g/mol. The van der Waals surface area contributed by atoms with E-state index in [1.54, 1.807) is 16.7 Å². The molecule has 0 radical (unpaired) electrons. The topological polar surface area (TPSA) is 3.24 Å². The van der Waals surface area contributed by atoms with Crippen molar-refractivity contribution >= 4 is 17.1 Å². The van der Waals surface area contributed by atoms with Crippen LogP contribution in [0.25, 0.3) is 44.5 Å². The van der Waals surface area contributed by atoms with Crippen molar-refractivity contribution in [3.8, 4) is 44.5 Å². The molecular weight excluding hydrogens is 783 g/mol. The number of hydrogen-bond acceptors (Lipinski definition) is 1. The summed E-state index contributed by atoms with van der Waals surface area (Å²) in [5.74, 6) is 1.30. The highest BCUT2D eigenvalue weighted by molar-refractivity contribution is 5.92. The van der Waals surface area contributed by atoms with E-state index < -0.39 is 0 Å². The first kappa shape index (κ1) is 42.0. The summed E-state index contributed by atoms with van der Waals surface area (Å²) < 4.78 is 0. The van der Waals surface area contributed by atoms with Crippen molar-refractivity contribution in [1.29, 1.82) is 0 Å². The van der Waals surface area contributed by atoms with Gasteiger partial charge in [0.2, 0.25) is 0 Å². The second-order valence-corrected chi connectivity index (χ2v) is 22.7. The molecular formula is C64H67N. The lowest BCUT2D eigenvalue weighted by Crippen LogP contribution is -2.42. The van der Waals surface area contributed by atoms with E-state index in [9.17, 15) is 0 Å². The Labute approximate surface area is 390 Å². The summed E-state index contributed by atoms with van der Waals surface area (Å²) in [5.41, 5.74) is 23.7. The Morgan fingerprint density at radius 2 is 0.938 bits per heavy atom. The fourth-order valence-electron chi connectivity index (χ4n) is 13.3. The van der Waals surface area contributed by atoms with Gasteiger partial charge in [-0.25, -0.2) is 0 Å². The van der Waals surface area contributed by atoms with Crippen molar-refractivity contribution < 1.29 is 0 Å². The van der Waals surface area contributed by atoms with E-state index >= 15 is 0 Å². The molecule has 0 aromatic heterocycles. The van der Waals surface area contributed by atoms with Crippen LogP contribution < -0.4 is 4.90 Å². The van der Waals surface area contributed by atoms with E-state index in [4.69, 9.17) is 0 Å². The van der Waals surface area contributed by atoms with Gasteiger partial charge in [-0.15, -0.1) is 0 Å². The minimum Gasteiger partial charge on any atom is -0.310 e. The molecule has 0 atom stereocenters. The van der Waals surface area contributed by atoms with Gasteiger partial charge in [0.1, 0.15) is 0 Å². The molecule has 0 saturated heterocycles. The maximum atomic E-state index is 2.65. The normalized spacial score (nSPS) is 17.5. The van der Waals surface area contributed by atoms with Crippen molar-refractivity contribution in [2.75, 3.05) is 4.90 Å². The zero-order valence-corrected chi connectivity index (χ0v) is 40.2. The van der Waals surface area contributed by atoms with Gasteiger partial charge in [0, 0.05) is 27.9 Å². The van der Waals surface area contributed by atoms with E-state index in [0.717, 1.165) is 5.69 Å². The fraction of sp³-hybridized carbons (Fsp3) is 0.344. The highest BCUT2D eigenvalue weighted by Crippen LogP contribution is 2.66. The molecule has 1 heteroatoms. The van der Waals surface area contributed by atoms with Crippen LogP contribution in [0, 0.1) is 11.8 Å². The molecule has 7 aromatic carbocycles. The first-order valence-corrected chi connectivity index (χ1v) is 24.9. The molecule has 0 aliphatic heterocycles. The molecule has 2 fully saturated rings. The van der Waals surface area contributed by atoms with Gasteiger partial charge in [-0.05, 0) is 163 Å². The van der Waals surface area contributed by atoms with Crippen molar-refractivity contribution in [3.05, 3.63) is 185 Å². The van der Waals surface area contributed by atoms with Crippen LogP contribution in [0.5, 0.6) is 0 Å². The predicted molar refractivity (Wildman–Crippen MR) is 277 cm³/mol. The van der Waals surface area contributed by atoms with Crippen LogP contribution in [0.15, 0.2) is 152 Å². The molecule has 0 unspecified atom stereocenters. The Balaban J connectivity index is 1.08. The van der Waals surface area contributed by atoms with Crippen LogP contribution in [-0.2, 0) is 21.7 Å². The van der Waals surface area contributed by atoms with Crippen molar-refractivity contribution in [2.24, 2.45) is 11.8 Å². The average Bonchev–Trinajstić information content (AvgIpc) is 4.13. The zero-order valence-electron chi connectivity index (χ0n) is 40.2. The molecule has 2 saturated carbocycles. The highest BCUT2D eigenvalue weighted by Gasteiger charge is 2.57. The lowest BCUT2D eigenvalue weighted by atomic mass is 9.56. The number of nitrogens with zero attached hydrogens (tertiary/aromatic N) is 1. The van der Waals surface area contributed by atoms with Crippen LogP contribution in [0.4, 0.5) is 17.1 Å². The lowest BCUT2D eigenvalue weighted by Gasteiger charge is -2.46. The Bertz CT molecular complexity index is 2890. The van der Waals surface area contributed by atoms with Crippen molar-refractivity contribution in [2.45, 2.75) is 128 Å². The molecule has 7 aromatic rings. The standard InChI is InChI=1S/C64H67N/c1-61(2,3)47-39-55-54-27-18-26-51(59(54)64(45-21-12-13-22-45,46-23-14-15-24-46)60(55)58(40-47)62(4,5)6)44-31-35-49(36-32-44)65(48-33-29-43(30-34-48)42-19-10-9-11-20-42)50-37-38-53-52-25-16-17-28-56(52)63(7,8)57(53)41-50/h9-11,16-20,25-41,45-46H,12-15,21-24H2,1-8H3. The SMILES string of the molecule is CC(C)(C)c1cc2c(c(C(C)(C)C)c1)C(C1CCCC1)(C1CCCC1)c1c(-c3ccc(N(c4ccc(-c5ccccc5)cc4)c4ccc5c(c4)C(C)(C)c4ccccc4-5)cc3)cccc1-2. The molecule has 0 bridgehead atoms. The minimum absolute atomic E-state index is 0.00723.